The smallest absolute Gasteiger partial charge is 0.317 e. The van der Waals surface area contributed by atoms with Crippen molar-refractivity contribution < 1.29 is 4.79 Å². The summed E-state index contributed by atoms with van der Waals surface area (Å²) in [4.78, 5) is 26.5. The normalized spacial score (nSPS) is 22.1. The van der Waals surface area contributed by atoms with Crippen LogP contribution in [0.3, 0.4) is 0 Å². The molecule has 5 nitrogen and oxygen atoms in total. The van der Waals surface area contributed by atoms with Gasteiger partial charge in [-0.1, -0.05) is 6.07 Å². The van der Waals surface area contributed by atoms with E-state index < -0.39 is 0 Å². The molecule has 0 saturated carbocycles. The van der Waals surface area contributed by atoms with Crippen LogP contribution in [0, 0.1) is 12.8 Å². The van der Waals surface area contributed by atoms with Crippen molar-refractivity contribution >= 4 is 17.4 Å². The first-order valence-corrected chi connectivity index (χ1v) is 9.30. The van der Waals surface area contributed by atoms with Crippen LogP contribution in [-0.4, -0.2) is 28.6 Å². The lowest BCUT2D eigenvalue weighted by Gasteiger charge is -2.42. The molecule has 2 bridgehead atoms. The average Bonchev–Trinajstić information content (AvgIpc) is 2.98. The lowest BCUT2D eigenvalue weighted by atomic mass is 9.83. The molecule has 2 aromatic rings. The summed E-state index contributed by atoms with van der Waals surface area (Å²) in [5, 5.41) is 7.23. The minimum atomic E-state index is 0.00188. The van der Waals surface area contributed by atoms with Gasteiger partial charge in [-0.15, -0.1) is 0 Å². The van der Waals surface area contributed by atoms with Gasteiger partial charge in [-0.3, -0.25) is 4.79 Å². The quantitative estimate of drug-likeness (QED) is 0.911. The number of amides is 2. The molecule has 1 fully saturated rings. The number of thiophene rings is 1. The maximum atomic E-state index is 12.6. The largest absolute Gasteiger partial charge is 0.334 e. The fraction of sp³-hybridized carbons (Fsp3) is 0.444. The number of aromatic nitrogens is 1. The molecule has 6 heteroatoms. The molecule has 126 valence electrons. The SMILES string of the molecule is Cc1cscc1CNC(=O)N1C[C@@H]2C[C@H](C1)c1cccc(=O)n1C2. The summed E-state index contributed by atoms with van der Waals surface area (Å²) in [6.45, 7) is 4.78. The number of piperidine rings is 1. The van der Waals surface area contributed by atoms with Gasteiger partial charge in [-0.2, -0.15) is 11.3 Å². The number of nitrogens with one attached hydrogen (secondary N) is 1. The zero-order valence-corrected chi connectivity index (χ0v) is 14.5. The average molecular weight is 343 g/mol. The van der Waals surface area contributed by atoms with Gasteiger partial charge < -0.3 is 14.8 Å². The number of hydrogen-bond acceptors (Lipinski definition) is 3. The van der Waals surface area contributed by atoms with Crippen molar-refractivity contribution in [2.75, 3.05) is 13.1 Å². The van der Waals surface area contributed by atoms with Crippen LogP contribution in [0.2, 0.25) is 0 Å². The minimum absolute atomic E-state index is 0.00188. The van der Waals surface area contributed by atoms with E-state index in [1.54, 1.807) is 17.4 Å². The molecule has 2 aromatic heterocycles. The zero-order valence-electron chi connectivity index (χ0n) is 13.7. The number of likely N-dealkylation sites (tertiary alicyclic amines) is 1. The van der Waals surface area contributed by atoms with Crippen LogP contribution in [0.4, 0.5) is 4.79 Å². The van der Waals surface area contributed by atoms with Gasteiger partial charge in [0.2, 0.25) is 0 Å². The van der Waals surface area contributed by atoms with E-state index in [2.05, 4.69) is 23.0 Å². The van der Waals surface area contributed by atoms with Gasteiger partial charge in [0.05, 0.1) is 0 Å². The summed E-state index contributed by atoms with van der Waals surface area (Å²) in [5.74, 6) is 0.630. The Kier molecular flexibility index (Phi) is 3.92. The number of hydrogen-bond donors (Lipinski definition) is 1. The molecular weight excluding hydrogens is 322 g/mol. The van der Waals surface area contributed by atoms with E-state index in [4.69, 9.17) is 0 Å². The Hall–Kier alpha value is -2.08. The van der Waals surface area contributed by atoms with Crippen molar-refractivity contribution in [1.82, 2.24) is 14.8 Å². The van der Waals surface area contributed by atoms with Crippen LogP contribution >= 0.6 is 11.3 Å². The number of aryl methyl sites for hydroxylation is 1. The van der Waals surface area contributed by atoms with E-state index in [0.717, 1.165) is 25.2 Å². The highest BCUT2D eigenvalue weighted by Gasteiger charge is 2.36. The van der Waals surface area contributed by atoms with Crippen LogP contribution in [0.5, 0.6) is 0 Å². The van der Waals surface area contributed by atoms with E-state index in [1.807, 2.05) is 21.6 Å². The molecule has 0 aliphatic carbocycles. The lowest BCUT2D eigenvalue weighted by molar-refractivity contribution is 0.131. The fourth-order valence-electron chi connectivity index (χ4n) is 3.91. The van der Waals surface area contributed by atoms with Gasteiger partial charge in [0.25, 0.3) is 5.56 Å². The first kappa shape index (κ1) is 15.4. The number of rotatable bonds is 2. The molecule has 2 aliphatic heterocycles. The van der Waals surface area contributed by atoms with Crippen molar-refractivity contribution in [3.05, 3.63) is 56.1 Å². The van der Waals surface area contributed by atoms with Gasteiger partial charge in [0, 0.05) is 43.9 Å². The molecule has 0 unspecified atom stereocenters. The zero-order chi connectivity index (χ0) is 16.7. The topological polar surface area (TPSA) is 54.3 Å². The molecule has 0 aromatic carbocycles. The second kappa shape index (κ2) is 6.09. The second-order valence-corrected chi connectivity index (χ2v) is 7.59. The Labute approximate surface area is 144 Å². The molecule has 24 heavy (non-hydrogen) atoms. The summed E-state index contributed by atoms with van der Waals surface area (Å²) in [5.41, 5.74) is 3.56. The van der Waals surface area contributed by atoms with Crippen LogP contribution in [0.1, 0.15) is 29.2 Å². The molecule has 1 N–H and O–H groups in total. The van der Waals surface area contributed by atoms with Crippen LogP contribution in [0.15, 0.2) is 33.8 Å². The predicted octanol–water partition coefficient (Wildman–Crippen LogP) is 2.55. The van der Waals surface area contributed by atoms with E-state index in [0.29, 0.717) is 19.0 Å². The third-order valence-electron chi connectivity index (χ3n) is 5.16. The maximum absolute atomic E-state index is 12.6. The summed E-state index contributed by atoms with van der Waals surface area (Å²) in [6, 6.07) is 5.48. The number of nitrogens with zero attached hydrogens (tertiary/aromatic N) is 2. The molecule has 2 aliphatic rings. The van der Waals surface area contributed by atoms with Gasteiger partial charge >= 0.3 is 6.03 Å². The number of pyridine rings is 1. The molecular formula is C18H21N3O2S. The van der Waals surface area contributed by atoms with Gasteiger partial charge in [0.15, 0.2) is 0 Å². The number of carbonyl (C=O) groups is 1. The van der Waals surface area contributed by atoms with E-state index in [1.165, 1.54) is 11.1 Å². The first-order valence-electron chi connectivity index (χ1n) is 8.36. The molecule has 4 rings (SSSR count). The third-order valence-corrected chi connectivity index (χ3v) is 6.07. The van der Waals surface area contributed by atoms with Gasteiger partial charge in [-0.05, 0) is 47.2 Å². The highest BCUT2D eigenvalue weighted by Crippen LogP contribution is 2.34. The fourth-order valence-corrected chi connectivity index (χ4v) is 4.77. The molecule has 0 radical (unpaired) electrons. The number of carbonyl (C=O) groups excluding carboxylic acids is 1. The highest BCUT2D eigenvalue weighted by atomic mass is 32.1. The second-order valence-electron chi connectivity index (χ2n) is 6.84. The van der Waals surface area contributed by atoms with Gasteiger partial charge in [-0.25, -0.2) is 4.79 Å². The number of urea groups is 1. The summed E-state index contributed by atoms with van der Waals surface area (Å²) >= 11 is 1.66. The van der Waals surface area contributed by atoms with Gasteiger partial charge in [0.1, 0.15) is 0 Å². The predicted molar refractivity (Wildman–Crippen MR) is 94.4 cm³/mol. The number of fused-ring (bicyclic) bond motifs is 4. The van der Waals surface area contributed by atoms with Crippen LogP contribution < -0.4 is 10.9 Å². The summed E-state index contributed by atoms with van der Waals surface area (Å²) < 4.78 is 1.89. The Bertz CT molecular complexity index is 826. The Morgan fingerprint density at radius 3 is 2.96 bits per heavy atom. The lowest BCUT2D eigenvalue weighted by Crippen LogP contribution is -2.51. The summed E-state index contributed by atoms with van der Waals surface area (Å²) in [6.07, 6.45) is 1.07. The van der Waals surface area contributed by atoms with E-state index in [9.17, 15) is 9.59 Å². The molecule has 1 saturated heterocycles. The first-order chi connectivity index (χ1) is 11.6. The monoisotopic (exact) mass is 343 g/mol. The Morgan fingerprint density at radius 1 is 1.29 bits per heavy atom. The van der Waals surface area contributed by atoms with Crippen molar-refractivity contribution in [2.24, 2.45) is 5.92 Å². The van der Waals surface area contributed by atoms with Crippen molar-refractivity contribution in [3.63, 3.8) is 0 Å². The van der Waals surface area contributed by atoms with E-state index in [-0.39, 0.29) is 17.5 Å². The Balaban J connectivity index is 1.46. The summed E-state index contributed by atoms with van der Waals surface area (Å²) in [7, 11) is 0. The van der Waals surface area contributed by atoms with Crippen molar-refractivity contribution in [1.29, 1.82) is 0 Å². The highest BCUT2D eigenvalue weighted by molar-refractivity contribution is 7.08. The molecule has 2 amide bonds. The molecule has 0 spiro atoms. The minimum Gasteiger partial charge on any atom is -0.334 e. The van der Waals surface area contributed by atoms with Crippen LogP contribution in [-0.2, 0) is 13.1 Å². The van der Waals surface area contributed by atoms with Crippen LogP contribution in [0.25, 0.3) is 0 Å². The van der Waals surface area contributed by atoms with E-state index >= 15 is 0 Å². The molecule has 4 heterocycles. The standard InChI is InChI=1S/C18H21N3O2S/c1-12-10-24-11-15(12)6-19-18(23)20-7-13-5-14(9-20)16-3-2-4-17(22)21(16)8-13/h2-4,10-11,13-14H,5-9H2,1H3,(H,19,23)/t13-,14+/m0/s1. The maximum Gasteiger partial charge on any atom is 0.317 e. The Morgan fingerprint density at radius 2 is 2.17 bits per heavy atom. The third kappa shape index (κ3) is 2.75. The van der Waals surface area contributed by atoms with Crippen molar-refractivity contribution in [2.45, 2.75) is 32.4 Å². The van der Waals surface area contributed by atoms with Crippen molar-refractivity contribution in [3.8, 4) is 0 Å². The molecule has 2 atom stereocenters.